The third-order valence-corrected chi connectivity index (χ3v) is 5.94. The van der Waals surface area contributed by atoms with Crippen LogP contribution in [0.3, 0.4) is 0 Å². The Labute approximate surface area is 184 Å². The van der Waals surface area contributed by atoms with Crippen LogP contribution in [0.15, 0.2) is 60.9 Å². The van der Waals surface area contributed by atoms with Crippen LogP contribution in [0.5, 0.6) is 0 Å². The number of benzene rings is 2. The second kappa shape index (κ2) is 7.67. The maximum atomic E-state index is 13.2. The summed E-state index contributed by atoms with van der Waals surface area (Å²) in [6, 6.07) is 17.2. The molecule has 0 fully saturated rings. The first-order chi connectivity index (χ1) is 15.0. The lowest BCUT2D eigenvalue weighted by atomic mass is 9.95. The fourth-order valence-electron chi connectivity index (χ4n) is 4.21. The van der Waals surface area contributed by atoms with E-state index in [0.717, 1.165) is 28.2 Å². The van der Waals surface area contributed by atoms with Crippen LogP contribution < -0.4 is 0 Å². The summed E-state index contributed by atoms with van der Waals surface area (Å²) in [6.45, 7) is 2.57. The minimum Gasteiger partial charge on any atom is -0.327 e. The van der Waals surface area contributed by atoms with Gasteiger partial charge in [0.2, 0.25) is 5.82 Å². The zero-order valence-electron chi connectivity index (χ0n) is 17.2. The molecule has 0 bridgehead atoms. The molecule has 0 radical (unpaired) electrons. The molecule has 1 aliphatic heterocycles. The molecule has 1 atom stereocenters. The van der Waals surface area contributed by atoms with Crippen LogP contribution in [0.1, 0.15) is 34.8 Å². The predicted molar refractivity (Wildman–Crippen MR) is 118 cm³/mol. The molecule has 5 rings (SSSR count). The van der Waals surface area contributed by atoms with Crippen molar-refractivity contribution in [2.24, 2.45) is 7.05 Å². The average Bonchev–Trinajstić information content (AvgIpc) is 3.39. The van der Waals surface area contributed by atoms with E-state index in [9.17, 15) is 4.79 Å². The van der Waals surface area contributed by atoms with Gasteiger partial charge in [-0.05, 0) is 37.6 Å². The molecule has 1 aliphatic rings. The summed E-state index contributed by atoms with van der Waals surface area (Å²) in [5.74, 6) is -0.00654. The first kappa shape index (κ1) is 19.5. The molecule has 156 valence electrons. The molecule has 0 aliphatic carbocycles. The number of rotatable bonds is 3. The number of aromatic nitrogens is 5. The molecule has 0 unspecified atom stereocenters. The van der Waals surface area contributed by atoms with Crippen LogP contribution in [-0.2, 0) is 13.5 Å². The lowest BCUT2D eigenvalue weighted by Gasteiger charge is -2.32. The number of aryl methyl sites for hydroxylation is 1. The van der Waals surface area contributed by atoms with Gasteiger partial charge >= 0.3 is 0 Å². The number of nitrogens with zero attached hydrogens (tertiary/aromatic N) is 6. The third kappa shape index (κ3) is 3.41. The Balaban J connectivity index is 1.44. The van der Waals surface area contributed by atoms with Gasteiger partial charge in [-0.15, -0.1) is 5.10 Å². The van der Waals surface area contributed by atoms with E-state index in [2.05, 4.69) is 10.1 Å². The standard InChI is InChI=1S/C23H21ClN6O/c1-15-20-19(21(28(2)26-20)16-7-6-8-17(24)13-16)11-12-29(15)23(31)22-25-14-30(27-22)18-9-4-3-5-10-18/h3-10,13-15H,11-12H2,1-2H3/t15-/m0/s1. The van der Waals surface area contributed by atoms with E-state index in [4.69, 9.17) is 16.7 Å². The quantitative estimate of drug-likeness (QED) is 0.489. The van der Waals surface area contributed by atoms with Gasteiger partial charge < -0.3 is 4.90 Å². The summed E-state index contributed by atoms with van der Waals surface area (Å²) in [7, 11) is 1.93. The fourth-order valence-corrected chi connectivity index (χ4v) is 4.40. The highest BCUT2D eigenvalue weighted by atomic mass is 35.5. The van der Waals surface area contributed by atoms with Crippen molar-refractivity contribution in [3.63, 3.8) is 0 Å². The fraction of sp³-hybridized carbons (Fsp3) is 0.217. The number of carbonyl (C=O) groups is 1. The van der Waals surface area contributed by atoms with Crippen LogP contribution in [0.2, 0.25) is 5.02 Å². The van der Waals surface area contributed by atoms with Gasteiger partial charge in [0, 0.05) is 29.7 Å². The van der Waals surface area contributed by atoms with Crippen LogP contribution in [-0.4, -0.2) is 41.9 Å². The summed E-state index contributed by atoms with van der Waals surface area (Å²) in [5.41, 5.74) is 4.99. The number of halogens is 1. The van der Waals surface area contributed by atoms with E-state index in [1.165, 1.54) is 0 Å². The first-order valence-electron chi connectivity index (χ1n) is 10.1. The minimum absolute atomic E-state index is 0.181. The van der Waals surface area contributed by atoms with Gasteiger partial charge in [0.1, 0.15) is 6.33 Å². The summed E-state index contributed by atoms with van der Waals surface area (Å²) < 4.78 is 3.49. The van der Waals surface area contributed by atoms with Gasteiger partial charge in [0.15, 0.2) is 0 Å². The molecule has 3 heterocycles. The number of para-hydroxylation sites is 1. The number of fused-ring (bicyclic) bond motifs is 1. The molecule has 0 saturated carbocycles. The zero-order valence-corrected chi connectivity index (χ0v) is 18.0. The van der Waals surface area contributed by atoms with E-state index in [1.54, 1.807) is 15.9 Å². The third-order valence-electron chi connectivity index (χ3n) is 5.71. The van der Waals surface area contributed by atoms with Crippen LogP contribution >= 0.6 is 11.6 Å². The minimum atomic E-state index is -0.192. The topological polar surface area (TPSA) is 68.8 Å². The van der Waals surface area contributed by atoms with Crippen molar-refractivity contribution in [2.45, 2.75) is 19.4 Å². The first-order valence-corrected chi connectivity index (χ1v) is 10.5. The Kier molecular flexibility index (Phi) is 4.82. The summed E-state index contributed by atoms with van der Waals surface area (Å²) in [5, 5.41) is 9.84. The van der Waals surface area contributed by atoms with Crippen molar-refractivity contribution in [3.05, 3.63) is 83.0 Å². The molecule has 8 heteroatoms. The van der Waals surface area contributed by atoms with Gasteiger partial charge in [0.05, 0.1) is 23.1 Å². The van der Waals surface area contributed by atoms with Crippen LogP contribution in [0, 0.1) is 0 Å². The monoisotopic (exact) mass is 432 g/mol. The van der Waals surface area contributed by atoms with E-state index in [0.29, 0.717) is 18.0 Å². The largest absolute Gasteiger partial charge is 0.327 e. The number of hydrogen-bond donors (Lipinski definition) is 0. The summed E-state index contributed by atoms with van der Waals surface area (Å²) >= 11 is 6.21. The van der Waals surface area contributed by atoms with E-state index < -0.39 is 0 Å². The lowest BCUT2D eigenvalue weighted by molar-refractivity contribution is 0.0661. The Morgan fingerprint density at radius 3 is 2.68 bits per heavy atom. The van der Waals surface area contributed by atoms with E-state index in [1.807, 2.05) is 73.3 Å². The summed E-state index contributed by atoms with van der Waals surface area (Å²) in [4.78, 5) is 19.3. The highest BCUT2D eigenvalue weighted by Crippen LogP contribution is 2.36. The maximum Gasteiger partial charge on any atom is 0.294 e. The molecule has 4 aromatic rings. The van der Waals surface area contributed by atoms with Gasteiger partial charge in [0.25, 0.3) is 5.91 Å². The maximum absolute atomic E-state index is 13.2. The second-order valence-electron chi connectivity index (χ2n) is 7.62. The van der Waals surface area contributed by atoms with Gasteiger partial charge in [-0.3, -0.25) is 9.48 Å². The number of hydrogen-bond acceptors (Lipinski definition) is 4. The average molecular weight is 433 g/mol. The number of amides is 1. The second-order valence-corrected chi connectivity index (χ2v) is 8.06. The van der Waals surface area contributed by atoms with E-state index in [-0.39, 0.29) is 17.8 Å². The molecule has 2 aromatic carbocycles. The van der Waals surface area contributed by atoms with Gasteiger partial charge in [-0.2, -0.15) is 5.10 Å². The SMILES string of the molecule is C[C@H]1c2nn(C)c(-c3cccc(Cl)c3)c2CCN1C(=O)c1ncn(-c2ccccc2)n1. The Morgan fingerprint density at radius 2 is 1.90 bits per heavy atom. The van der Waals surface area contributed by atoms with Crippen molar-refractivity contribution < 1.29 is 4.79 Å². The Morgan fingerprint density at radius 1 is 1.10 bits per heavy atom. The molecular weight excluding hydrogens is 412 g/mol. The molecule has 31 heavy (non-hydrogen) atoms. The van der Waals surface area contributed by atoms with Crippen molar-refractivity contribution in [3.8, 4) is 16.9 Å². The normalized spacial score (nSPS) is 15.7. The smallest absolute Gasteiger partial charge is 0.294 e. The highest BCUT2D eigenvalue weighted by Gasteiger charge is 2.34. The molecule has 2 aromatic heterocycles. The molecular formula is C23H21ClN6O. The highest BCUT2D eigenvalue weighted by molar-refractivity contribution is 6.30. The molecule has 7 nitrogen and oxygen atoms in total. The summed E-state index contributed by atoms with van der Waals surface area (Å²) in [6.07, 6.45) is 2.28. The molecule has 0 saturated heterocycles. The Bertz CT molecular complexity index is 1260. The van der Waals surface area contributed by atoms with Crippen LogP contribution in [0.4, 0.5) is 0 Å². The van der Waals surface area contributed by atoms with Crippen LogP contribution in [0.25, 0.3) is 16.9 Å². The van der Waals surface area contributed by atoms with Gasteiger partial charge in [-0.1, -0.05) is 41.9 Å². The van der Waals surface area contributed by atoms with Crippen molar-refractivity contribution >= 4 is 17.5 Å². The lowest BCUT2D eigenvalue weighted by Crippen LogP contribution is -2.39. The van der Waals surface area contributed by atoms with Crippen molar-refractivity contribution in [1.82, 2.24) is 29.4 Å². The molecule has 1 amide bonds. The van der Waals surface area contributed by atoms with E-state index >= 15 is 0 Å². The van der Waals surface area contributed by atoms with Crippen molar-refractivity contribution in [1.29, 1.82) is 0 Å². The number of carbonyl (C=O) groups excluding carboxylic acids is 1. The van der Waals surface area contributed by atoms with Gasteiger partial charge in [-0.25, -0.2) is 9.67 Å². The molecule has 0 N–H and O–H groups in total. The van der Waals surface area contributed by atoms with Crippen molar-refractivity contribution in [2.75, 3.05) is 6.54 Å². The molecule has 0 spiro atoms. The zero-order chi connectivity index (χ0) is 21.5. The Hall–Kier alpha value is -3.45. The predicted octanol–water partition coefficient (Wildman–Crippen LogP) is 4.08.